The van der Waals surface area contributed by atoms with Gasteiger partial charge in [0.25, 0.3) is 0 Å². The monoisotopic (exact) mass is 524 g/mol. The molecule has 0 aromatic rings. The first kappa shape index (κ1) is 29.7. The van der Waals surface area contributed by atoms with Crippen molar-refractivity contribution in [1.29, 1.82) is 0 Å². The minimum absolute atomic E-state index is 0.0347. The predicted molar refractivity (Wildman–Crippen MR) is 141 cm³/mol. The van der Waals surface area contributed by atoms with Crippen LogP contribution in [-0.4, -0.2) is 27.5 Å². The van der Waals surface area contributed by atoms with Gasteiger partial charge in [0.05, 0.1) is 0 Å². The van der Waals surface area contributed by atoms with E-state index in [0.29, 0.717) is 18.3 Å². The van der Waals surface area contributed by atoms with Crippen molar-refractivity contribution >= 4 is 27.9 Å². The van der Waals surface area contributed by atoms with Crippen molar-refractivity contribution in [3.8, 4) is 0 Å². The van der Waals surface area contributed by atoms with E-state index in [9.17, 15) is 14.7 Å². The van der Waals surface area contributed by atoms with Gasteiger partial charge in [-0.1, -0.05) is 92.8 Å². The number of allylic oxidation sites excluding steroid dienone is 5. The molecule has 0 saturated heterocycles. The molecule has 5 heteroatoms. The lowest BCUT2D eigenvalue weighted by Gasteiger charge is -2.49. The quantitative estimate of drug-likeness (QED) is 0.235. The molecule has 0 radical (unpaired) electrons. The number of carboxylic acid groups (broad SMARTS) is 2. The van der Waals surface area contributed by atoms with Gasteiger partial charge in [-0.2, -0.15) is 0 Å². The third-order valence-electron chi connectivity index (χ3n) is 7.73. The molecule has 4 nitrogen and oxygen atoms in total. The molecule has 2 N–H and O–H groups in total. The number of aliphatic carboxylic acids is 2. The van der Waals surface area contributed by atoms with Gasteiger partial charge in [-0.05, 0) is 73.7 Å². The van der Waals surface area contributed by atoms with E-state index in [-0.39, 0.29) is 16.7 Å². The Balaban J connectivity index is 0.000000981. The standard InChI is InChI=1S/C26H42O2.C2H3BrO2/c1-6-11-21(19(3)7-2)15-16-22-12-10-17-26(5)23(20(4)18-25(27)28)13-8-9-14-24(22)26;3-1-2(4)5/h15-16,20,23-24H,3,6-14,17-18H2,1-2,4-5H3,(H,27,28);1H2,(H,4,5)/b21-15-,22-16+;/t20-,23?,24?,26-;/m1./s1. The average Bonchev–Trinajstić information content (AvgIpc) is 2.94. The fourth-order valence-corrected chi connectivity index (χ4v) is 6.08. The predicted octanol–water partition coefficient (Wildman–Crippen LogP) is 8.18. The van der Waals surface area contributed by atoms with E-state index in [2.05, 4.69) is 62.4 Å². The molecule has 2 unspecified atom stereocenters. The SMILES string of the molecule is C=C(CC)/C(=C\C=C1/CCC[C@@]2(C)C1CCCCC2[C@H](C)CC(=O)O)CCC.O=C(O)CBr. The lowest BCUT2D eigenvalue weighted by atomic mass is 9.55. The molecule has 0 aromatic heterocycles. The number of hydrogen-bond acceptors (Lipinski definition) is 2. The van der Waals surface area contributed by atoms with E-state index in [0.717, 1.165) is 19.3 Å². The summed E-state index contributed by atoms with van der Waals surface area (Å²) >= 11 is 2.71. The molecule has 2 aliphatic rings. The van der Waals surface area contributed by atoms with Gasteiger partial charge >= 0.3 is 11.9 Å². The summed E-state index contributed by atoms with van der Waals surface area (Å²) in [6, 6.07) is 0. The fraction of sp³-hybridized carbons (Fsp3) is 0.714. The van der Waals surface area contributed by atoms with Gasteiger partial charge in [0.1, 0.15) is 5.33 Å². The minimum atomic E-state index is -0.829. The second-order valence-electron chi connectivity index (χ2n) is 10.0. The first-order valence-corrected chi connectivity index (χ1v) is 13.8. The van der Waals surface area contributed by atoms with Crippen LogP contribution in [-0.2, 0) is 9.59 Å². The zero-order chi connectivity index (χ0) is 25.0. The zero-order valence-corrected chi connectivity index (χ0v) is 22.8. The highest BCUT2D eigenvalue weighted by Crippen LogP contribution is 2.56. The summed E-state index contributed by atoms with van der Waals surface area (Å²) in [5, 5.41) is 17.1. The molecule has 2 fully saturated rings. The first-order chi connectivity index (χ1) is 15.6. The van der Waals surface area contributed by atoms with Crippen LogP contribution < -0.4 is 0 Å². The van der Waals surface area contributed by atoms with Crippen molar-refractivity contribution in [3.63, 3.8) is 0 Å². The Morgan fingerprint density at radius 2 is 1.82 bits per heavy atom. The lowest BCUT2D eigenvalue weighted by Crippen LogP contribution is -2.41. The van der Waals surface area contributed by atoms with E-state index in [4.69, 9.17) is 5.11 Å². The molecule has 4 atom stereocenters. The second-order valence-corrected chi connectivity index (χ2v) is 10.6. The molecule has 2 aliphatic carbocycles. The maximum absolute atomic E-state index is 11.4. The van der Waals surface area contributed by atoms with E-state index < -0.39 is 11.9 Å². The van der Waals surface area contributed by atoms with Gasteiger partial charge in [0.2, 0.25) is 0 Å². The summed E-state index contributed by atoms with van der Waals surface area (Å²) in [4.78, 5) is 20.7. The highest BCUT2D eigenvalue weighted by Gasteiger charge is 2.47. The molecule has 0 aliphatic heterocycles. The Morgan fingerprint density at radius 3 is 2.36 bits per heavy atom. The van der Waals surface area contributed by atoms with E-state index in [1.54, 1.807) is 5.57 Å². The van der Waals surface area contributed by atoms with Gasteiger partial charge in [-0.25, -0.2) is 0 Å². The summed E-state index contributed by atoms with van der Waals surface area (Å²) in [6.07, 6.45) is 17.1. The topological polar surface area (TPSA) is 74.6 Å². The largest absolute Gasteiger partial charge is 0.481 e. The minimum Gasteiger partial charge on any atom is -0.481 e. The maximum atomic E-state index is 11.4. The van der Waals surface area contributed by atoms with Crippen LogP contribution in [0.2, 0.25) is 0 Å². The van der Waals surface area contributed by atoms with Crippen molar-refractivity contribution in [2.75, 3.05) is 5.33 Å². The smallest absolute Gasteiger partial charge is 0.314 e. The molecular formula is C28H45BrO4. The van der Waals surface area contributed by atoms with Crippen molar-refractivity contribution < 1.29 is 19.8 Å². The Hall–Kier alpha value is -1.36. The highest BCUT2D eigenvalue weighted by atomic mass is 79.9. The summed E-state index contributed by atoms with van der Waals surface area (Å²) in [5.41, 5.74) is 4.54. The van der Waals surface area contributed by atoms with Crippen molar-refractivity contribution in [2.24, 2.45) is 23.2 Å². The Morgan fingerprint density at radius 1 is 1.18 bits per heavy atom. The summed E-state index contributed by atoms with van der Waals surface area (Å²) < 4.78 is 0. The van der Waals surface area contributed by atoms with Crippen LogP contribution in [0, 0.1) is 23.2 Å². The Bertz CT molecular complexity index is 723. The summed E-state index contributed by atoms with van der Waals surface area (Å²) in [6.45, 7) is 13.4. The average molecular weight is 526 g/mol. The second kappa shape index (κ2) is 14.8. The van der Waals surface area contributed by atoms with Crippen LogP contribution in [0.3, 0.4) is 0 Å². The molecule has 33 heavy (non-hydrogen) atoms. The van der Waals surface area contributed by atoms with E-state index in [1.165, 1.54) is 56.1 Å². The number of halogens is 1. The number of alkyl halides is 1. The zero-order valence-electron chi connectivity index (χ0n) is 21.2. The summed E-state index contributed by atoms with van der Waals surface area (Å²) in [5.74, 6) is -0.0873. The normalized spacial score (nSPS) is 27.5. The molecule has 2 saturated carbocycles. The van der Waals surface area contributed by atoms with Crippen LogP contribution in [0.25, 0.3) is 0 Å². The number of hydrogen-bond donors (Lipinski definition) is 2. The van der Waals surface area contributed by atoms with Crippen molar-refractivity contribution in [1.82, 2.24) is 0 Å². The molecule has 0 heterocycles. The van der Waals surface area contributed by atoms with Gasteiger partial charge in [-0.15, -0.1) is 0 Å². The molecule has 188 valence electrons. The van der Waals surface area contributed by atoms with Crippen LogP contribution in [0.5, 0.6) is 0 Å². The number of carbonyl (C=O) groups is 2. The van der Waals surface area contributed by atoms with Gasteiger partial charge < -0.3 is 10.2 Å². The third-order valence-corrected chi connectivity index (χ3v) is 8.21. The van der Waals surface area contributed by atoms with Gasteiger partial charge in [0.15, 0.2) is 0 Å². The third kappa shape index (κ3) is 9.07. The van der Waals surface area contributed by atoms with Crippen LogP contribution in [0.1, 0.15) is 98.3 Å². The Labute approximate surface area is 209 Å². The van der Waals surface area contributed by atoms with Crippen LogP contribution in [0.4, 0.5) is 0 Å². The molecule has 0 bridgehead atoms. The van der Waals surface area contributed by atoms with Crippen LogP contribution >= 0.6 is 15.9 Å². The van der Waals surface area contributed by atoms with Crippen molar-refractivity contribution in [2.45, 2.75) is 98.3 Å². The van der Waals surface area contributed by atoms with Gasteiger partial charge in [0, 0.05) is 6.42 Å². The maximum Gasteiger partial charge on any atom is 0.314 e. The fourth-order valence-electron chi connectivity index (χ4n) is 6.08. The van der Waals surface area contributed by atoms with Crippen molar-refractivity contribution in [3.05, 3.63) is 35.5 Å². The molecule has 0 spiro atoms. The molecule has 0 aromatic carbocycles. The lowest BCUT2D eigenvalue weighted by molar-refractivity contribution is -0.139. The van der Waals surface area contributed by atoms with E-state index in [1.807, 2.05) is 0 Å². The van der Waals surface area contributed by atoms with Gasteiger partial charge in [-0.3, -0.25) is 9.59 Å². The number of carboxylic acids is 2. The first-order valence-electron chi connectivity index (χ1n) is 12.7. The Kier molecular flexibility index (Phi) is 13.3. The highest BCUT2D eigenvalue weighted by molar-refractivity contribution is 9.09. The number of rotatable bonds is 9. The molecule has 2 rings (SSSR count). The van der Waals surface area contributed by atoms with Crippen LogP contribution in [0.15, 0.2) is 35.5 Å². The molecule has 0 amide bonds. The van der Waals surface area contributed by atoms with E-state index >= 15 is 0 Å². The summed E-state index contributed by atoms with van der Waals surface area (Å²) in [7, 11) is 0. The molecular weight excluding hydrogens is 480 g/mol. The number of fused-ring (bicyclic) bond motifs is 1.